The lowest BCUT2D eigenvalue weighted by Gasteiger charge is -2.35. The molecule has 2 aliphatic rings. The molecule has 1 fully saturated rings. The number of para-hydroxylation sites is 1. The van der Waals surface area contributed by atoms with Crippen LogP contribution in [0, 0.1) is 0 Å². The molecule has 0 amide bonds. The molecule has 4 rings (SSSR count). The summed E-state index contributed by atoms with van der Waals surface area (Å²) in [6.45, 7) is 5.74. The van der Waals surface area contributed by atoms with Crippen LogP contribution in [0.4, 0.5) is 11.4 Å². The first-order valence-corrected chi connectivity index (χ1v) is 9.19. The summed E-state index contributed by atoms with van der Waals surface area (Å²) in [7, 11) is 1.73. The van der Waals surface area contributed by atoms with Gasteiger partial charge in [-0.25, -0.2) is 0 Å². The van der Waals surface area contributed by atoms with Gasteiger partial charge in [-0.1, -0.05) is 23.9 Å². The molecule has 0 bridgehead atoms. The van der Waals surface area contributed by atoms with Crippen LogP contribution in [-0.2, 0) is 4.74 Å². The first kappa shape index (κ1) is 15.8. The highest BCUT2D eigenvalue weighted by Crippen LogP contribution is 2.48. The number of benzene rings is 2. The van der Waals surface area contributed by atoms with Crippen molar-refractivity contribution in [2.45, 2.75) is 9.79 Å². The van der Waals surface area contributed by atoms with Gasteiger partial charge in [-0.15, -0.1) is 0 Å². The van der Waals surface area contributed by atoms with Gasteiger partial charge in [0.25, 0.3) is 0 Å². The van der Waals surface area contributed by atoms with E-state index in [0.717, 1.165) is 45.1 Å². The average molecular weight is 342 g/mol. The van der Waals surface area contributed by atoms with Crippen LogP contribution < -0.4 is 9.64 Å². The fourth-order valence-electron chi connectivity index (χ4n) is 3.24. The maximum Gasteiger partial charge on any atom is 0.121 e. The van der Waals surface area contributed by atoms with Gasteiger partial charge < -0.3 is 14.4 Å². The van der Waals surface area contributed by atoms with Gasteiger partial charge in [-0.3, -0.25) is 4.90 Å². The van der Waals surface area contributed by atoms with Crippen molar-refractivity contribution in [2.24, 2.45) is 0 Å². The highest BCUT2D eigenvalue weighted by atomic mass is 32.2. The Kier molecular flexibility index (Phi) is 4.65. The fraction of sp³-hybridized carbons (Fsp3) is 0.368. The lowest BCUT2D eigenvalue weighted by atomic mass is 10.2. The molecule has 0 saturated carbocycles. The Bertz CT molecular complexity index is 716. The maximum absolute atomic E-state index is 5.46. The quantitative estimate of drug-likeness (QED) is 0.845. The molecule has 1 saturated heterocycles. The van der Waals surface area contributed by atoms with Crippen LogP contribution in [-0.4, -0.2) is 51.4 Å². The second-order valence-corrected chi connectivity index (χ2v) is 7.09. The molecular formula is C19H22N2O2S. The number of methoxy groups -OCH3 is 1. The number of hydrogen-bond donors (Lipinski definition) is 0. The van der Waals surface area contributed by atoms with E-state index in [1.54, 1.807) is 7.11 Å². The molecule has 2 aromatic carbocycles. The van der Waals surface area contributed by atoms with E-state index in [-0.39, 0.29) is 0 Å². The zero-order chi connectivity index (χ0) is 16.4. The van der Waals surface area contributed by atoms with E-state index in [2.05, 4.69) is 46.2 Å². The Morgan fingerprint density at radius 3 is 2.62 bits per heavy atom. The summed E-state index contributed by atoms with van der Waals surface area (Å²) in [4.78, 5) is 7.51. The molecule has 4 nitrogen and oxygen atoms in total. The molecule has 0 radical (unpaired) electrons. The third kappa shape index (κ3) is 3.11. The lowest BCUT2D eigenvalue weighted by Crippen LogP contribution is -2.41. The molecular weight excluding hydrogens is 320 g/mol. The minimum atomic E-state index is 0.844. The van der Waals surface area contributed by atoms with Crippen LogP contribution >= 0.6 is 11.8 Å². The molecule has 0 aromatic heterocycles. The van der Waals surface area contributed by atoms with Crippen LogP contribution in [0.2, 0.25) is 0 Å². The molecule has 0 atom stereocenters. The first-order valence-electron chi connectivity index (χ1n) is 8.38. The Labute approximate surface area is 147 Å². The van der Waals surface area contributed by atoms with Crippen molar-refractivity contribution in [3.05, 3.63) is 42.5 Å². The summed E-state index contributed by atoms with van der Waals surface area (Å²) in [5, 5.41) is 0. The Hall–Kier alpha value is -1.69. The van der Waals surface area contributed by atoms with E-state index in [4.69, 9.17) is 9.47 Å². The minimum Gasteiger partial charge on any atom is -0.497 e. The molecule has 2 aromatic rings. The number of nitrogens with zero attached hydrogens (tertiary/aromatic N) is 2. The normalized spacial score (nSPS) is 17.3. The summed E-state index contributed by atoms with van der Waals surface area (Å²) in [6.07, 6.45) is 0. The van der Waals surface area contributed by atoms with E-state index in [0.29, 0.717) is 0 Å². The van der Waals surface area contributed by atoms with Crippen molar-refractivity contribution in [1.29, 1.82) is 0 Å². The standard InChI is InChI=1S/C19H22N2O2S/c1-22-15-6-7-19-17(14-15)21(9-8-20-10-12-23-13-11-20)16-4-2-3-5-18(16)24-19/h2-7,14H,8-13H2,1H3. The third-order valence-corrected chi connectivity index (χ3v) is 5.71. The van der Waals surface area contributed by atoms with Crippen LogP contribution in [0.3, 0.4) is 0 Å². The van der Waals surface area contributed by atoms with Crippen LogP contribution in [0.15, 0.2) is 52.3 Å². The molecule has 2 aliphatic heterocycles. The van der Waals surface area contributed by atoms with Gasteiger partial charge in [0.2, 0.25) is 0 Å². The van der Waals surface area contributed by atoms with Gasteiger partial charge in [-0.05, 0) is 24.3 Å². The lowest BCUT2D eigenvalue weighted by molar-refractivity contribution is 0.0394. The summed E-state index contributed by atoms with van der Waals surface area (Å²) < 4.78 is 10.9. The Morgan fingerprint density at radius 1 is 1.00 bits per heavy atom. The molecule has 2 heterocycles. The Balaban J connectivity index is 1.63. The molecule has 0 aliphatic carbocycles. The summed E-state index contributed by atoms with van der Waals surface area (Å²) in [6, 6.07) is 15.0. The largest absolute Gasteiger partial charge is 0.497 e. The van der Waals surface area contributed by atoms with Crippen molar-refractivity contribution in [3.63, 3.8) is 0 Å². The summed E-state index contributed by atoms with van der Waals surface area (Å²) in [5.41, 5.74) is 2.53. The minimum absolute atomic E-state index is 0.844. The van der Waals surface area contributed by atoms with E-state index in [9.17, 15) is 0 Å². The average Bonchev–Trinajstić information content (AvgIpc) is 2.65. The molecule has 0 unspecified atom stereocenters. The van der Waals surface area contributed by atoms with Gasteiger partial charge >= 0.3 is 0 Å². The number of morpholine rings is 1. The summed E-state index contributed by atoms with van der Waals surface area (Å²) >= 11 is 1.84. The molecule has 24 heavy (non-hydrogen) atoms. The maximum atomic E-state index is 5.46. The van der Waals surface area contributed by atoms with Crippen LogP contribution in [0.5, 0.6) is 5.75 Å². The van der Waals surface area contributed by atoms with Gasteiger partial charge in [0, 0.05) is 42.0 Å². The highest BCUT2D eigenvalue weighted by Gasteiger charge is 2.24. The number of rotatable bonds is 4. The van der Waals surface area contributed by atoms with E-state index in [1.807, 2.05) is 17.8 Å². The van der Waals surface area contributed by atoms with E-state index in [1.165, 1.54) is 21.2 Å². The zero-order valence-corrected chi connectivity index (χ0v) is 14.7. The monoisotopic (exact) mass is 342 g/mol. The van der Waals surface area contributed by atoms with Gasteiger partial charge in [0.1, 0.15) is 5.75 Å². The molecule has 0 spiro atoms. The second-order valence-electron chi connectivity index (χ2n) is 6.01. The zero-order valence-electron chi connectivity index (χ0n) is 13.9. The van der Waals surface area contributed by atoms with Gasteiger partial charge in [0.15, 0.2) is 0 Å². The van der Waals surface area contributed by atoms with Crippen molar-refractivity contribution in [1.82, 2.24) is 4.90 Å². The molecule has 5 heteroatoms. The Morgan fingerprint density at radius 2 is 1.79 bits per heavy atom. The number of anilines is 2. The van der Waals surface area contributed by atoms with Gasteiger partial charge in [-0.2, -0.15) is 0 Å². The predicted molar refractivity (Wildman–Crippen MR) is 97.8 cm³/mol. The SMILES string of the molecule is COc1ccc2c(c1)N(CCN1CCOCC1)c1ccccc1S2. The van der Waals surface area contributed by atoms with E-state index >= 15 is 0 Å². The predicted octanol–water partition coefficient (Wildman–Crippen LogP) is 3.63. The second kappa shape index (κ2) is 7.05. The molecule has 0 N–H and O–H groups in total. The van der Waals surface area contributed by atoms with Gasteiger partial charge in [0.05, 0.1) is 31.7 Å². The van der Waals surface area contributed by atoms with Crippen LogP contribution in [0.1, 0.15) is 0 Å². The van der Waals surface area contributed by atoms with Crippen molar-refractivity contribution >= 4 is 23.1 Å². The summed E-state index contributed by atoms with van der Waals surface area (Å²) in [5.74, 6) is 0.908. The smallest absolute Gasteiger partial charge is 0.121 e. The van der Waals surface area contributed by atoms with Crippen molar-refractivity contribution < 1.29 is 9.47 Å². The highest BCUT2D eigenvalue weighted by molar-refractivity contribution is 7.99. The van der Waals surface area contributed by atoms with E-state index < -0.39 is 0 Å². The topological polar surface area (TPSA) is 24.9 Å². The third-order valence-electron chi connectivity index (χ3n) is 4.58. The number of hydrogen-bond acceptors (Lipinski definition) is 5. The van der Waals surface area contributed by atoms with Crippen LogP contribution in [0.25, 0.3) is 0 Å². The molecule has 126 valence electrons. The fourth-order valence-corrected chi connectivity index (χ4v) is 4.32. The van der Waals surface area contributed by atoms with Crippen molar-refractivity contribution in [2.75, 3.05) is 51.4 Å². The number of fused-ring (bicyclic) bond motifs is 2. The van der Waals surface area contributed by atoms with Crippen molar-refractivity contribution in [3.8, 4) is 5.75 Å². The number of ether oxygens (including phenoxy) is 2. The first-order chi connectivity index (χ1) is 11.8.